The minimum absolute atomic E-state index is 0.230. The minimum Gasteiger partial charge on any atom is -0.406 e. The Bertz CT molecular complexity index is 988. The van der Waals surface area contributed by atoms with E-state index in [0.717, 1.165) is 29.7 Å². The first kappa shape index (κ1) is 24.7. The van der Waals surface area contributed by atoms with Gasteiger partial charge in [-0.3, -0.25) is 0 Å². The number of hydrogen-bond donors (Lipinski definition) is 0. The van der Waals surface area contributed by atoms with Gasteiger partial charge in [-0.25, -0.2) is 0 Å². The molecule has 2 aromatic rings. The van der Waals surface area contributed by atoms with E-state index in [9.17, 15) is 13.2 Å². The Hall–Kier alpha value is -2.41. The lowest BCUT2D eigenvalue weighted by molar-refractivity contribution is -0.274. The van der Waals surface area contributed by atoms with Gasteiger partial charge in [-0.15, -0.1) is 13.2 Å². The minimum atomic E-state index is -4.68. The third-order valence-electron chi connectivity index (χ3n) is 7.69. The van der Waals surface area contributed by atoms with Crippen molar-refractivity contribution < 1.29 is 17.9 Å². The molecular formula is C30H35F3O. The van der Waals surface area contributed by atoms with Crippen LogP contribution in [0.2, 0.25) is 0 Å². The van der Waals surface area contributed by atoms with Gasteiger partial charge < -0.3 is 4.74 Å². The van der Waals surface area contributed by atoms with E-state index in [1.54, 1.807) is 12.1 Å². The van der Waals surface area contributed by atoms with E-state index in [1.165, 1.54) is 87.5 Å². The van der Waals surface area contributed by atoms with Crippen molar-refractivity contribution in [1.29, 1.82) is 0 Å². The Labute approximate surface area is 202 Å². The third kappa shape index (κ3) is 7.05. The van der Waals surface area contributed by atoms with E-state index in [1.807, 2.05) is 0 Å². The van der Waals surface area contributed by atoms with Crippen molar-refractivity contribution in [2.24, 2.45) is 17.8 Å². The molecule has 1 unspecified atom stereocenters. The molecule has 0 spiro atoms. The maximum absolute atomic E-state index is 12.3. The molecule has 1 atom stereocenters. The molecule has 0 amide bonds. The lowest BCUT2D eigenvalue weighted by Gasteiger charge is -2.36. The highest BCUT2D eigenvalue weighted by atomic mass is 19.4. The van der Waals surface area contributed by atoms with Crippen LogP contribution in [-0.4, -0.2) is 6.36 Å². The molecule has 0 radical (unpaired) electrons. The number of ether oxygens (including phenoxy) is 1. The van der Waals surface area contributed by atoms with Gasteiger partial charge in [0, 0.05) is 11.1 Å². The van der Waals surface area contributed by atoms with Gasteiger partial charge >= 0.3 is 6.36 Å². The molecule has 182 valence electrons. The summed E-state index contributed by atoms with van der Waals surface area (Å²) >= 11 is 0. The molecule has 1 saturated carbocycles. The van der Waals surface area contributed by atoms with Gasteiger partial charge in [0.2, 0.25) is 0 Å². The lowest BCUT2D eigenvalue weighted by atomic mass is 9.69. The van der Waals surface area contributed by atoms with Crippen LogP contribution in [0.3, 0.4) is 0 Å². The fraction of sp³-hybridized carbons (Fsp3) is 0.533. The van der Waals surface area contributed by atoms with Crippen LogP contribution in [0, 0.1) is 29.6 Å². The number of halogens is 3. The number of rotatable bonds is 6. The second-order valence-electron chi connectivity index (χ2n) is 10.1. The molecule has 2 aromatic carbocycles. The zero-order valence-electron chi connectivity index (χ0n) is 20.1. The van der Waals surface area contributed by atoms with Crippen LogP contribution in [0.15, 0.2) is 42.5 Å². The zero-order valence-corrected chi connectivity index (χ0v) is 20.1. The number of benzene rings is 2. The van der Waals surface area contributed by atoms with Crippen LogP contribution in [0.4, 0.5) is 13.2 Å². The summed E-state index contributed by atoms with van der Waals surface area (Å²) in [5, 5.41) is 0. The number of aryl methyl sites for hydroxylation is 1. The Morgan fingerprint density at radius 3 is 2.24 bits per heavy atom. The number of hydrogen-bond acceptors (Lipinski definition) is 1. The van der Waals surface area contributed by atoms with E-state index < -0.39 is 6.36 Å². The first-order chi connectivity index (χ1) is 16.4. The number of unbranched alkanes of at least 4 members (excludes halogenated alkanes) is 2. The Morgan fingerprint density at radius 1 is 0.824 bits per heavy atom. The summed E-state index contributed by atoms with van der Waals surface area (Å²) in [5.41, 5.74) is 4.50. The summed E-state index contributed by atoms with van der Waals surface area (Å²) in [6.45, 7) is 2.28. The summed E-state index contributed by atoms with van der Waals surface area (Å²) < 4.78 is 40.8. The van der Waals surface area contributed by atoms with Crippen molar-refractivity contribution >= 4 is 0 Å². The van der Waals surface area contributed by atoms with E-state index >= 15 is 0 Å². The molecule has 1 fully saturated rings. The van der Waals surface area contributed by atoms with Gasteiger partial charge in [-0.1, -0.05) is 63.4 Å². The SMILES string of the molecule is CCCCCC1CCC(C2CCc3cc(C#Cc4ccc(OC(F)(F)F)cc4)ccc3C2)CC1. The van der Waals surface area contributed by atoms with E-state index in [0.29, 0.717) is 5.56 Å². The van der Waals surface area contributed by atoms with Gasteiger partial charge in [0.1, 0.15) is 5.75 Å². The monoisotopic (exact) mass is 468 g/mol. The lowest BCUT2D eigenvalue weighted by Crippen LogP contribution is -2.26. The quantitative estimate of drug-likeness (QED) is 0.305. The van der Waals surface area contributed by atoms with Gasteiger partial charge in [0.15, 0.2) is 0 Å². The van der Waals surface area contributed by atoms with Gasteiger partial charge in [0.05, 0.1) is 0 Å². The summed E-state index contributed by atoms with van der Waals surface area (Å²) in [4.78, 5) is 0. The van der Waals surface area contributed by atoms with Crippen molar-refractivity contribution in [1.82, 2.24) is 0 Å². The van der Waals surface area contributed by atoms with Crippen molar-refractivity contribution in [3.05, 3.63) is 64.7 Å². The van der Waals surface area contributed by atoms with Gasteiger partial charge in [0.25, 0.3) is 0 Å². The number of alkyl halides is 3. The van der Waals surface area contributed by atoms with Crippen molar-refractivity contribution in [3.63, 3.8) is 0 Å². The average molecular weight is 469 g/mol. The van der Waals surface area contributed by atoms with Crippen LogP contribution < -0.4 is 4.74 Å². The molecule has 2 aliphatic rings. The first-order valence-electron chi connectivity index (χ1n) is 12.9. The molecule has 1 nitrogen and oxygen atoms in total. The molecule has 0 N–H and O–H groups in total. The van der Waals surface area contributed by atoms with Crippen LogP contribution in [0.5, 0.6) is 5.75 Å². The normalized spacial score (nSPS) is 22.4. The first-order valence-corrected chi connectivity index (χ1v) is 12.9. The van der Waals surface area contributed by atoms with E-state index in [2.05, 4.69) is 41.7 Å². The topological polar surface area (TPSA) is 9.23 Å². The second kappa shape index (κ2) is 11.3. The van der Waals surface area contributed by atoms with Crippen molar-refractivity contribution in [2.75, 3.05) is 0 Å². The molecule has 34 heavy (non-hydrogen) atoms. The van der Waals surface area contributed by atoms with Crippen LogP contribution in [0.25, 0.3) is 0 Å². The zero-order chi connectivity index (χ0) is 24.0. The highest BCUT2D eigenvalue weighted by molar-refractivity contribution is 5.47. The fourth-order valence-corrected chi connectivity index (χ4v) is 5.78. The predicted molar refractivity (Wildman–Crippen MR) is 131 cm³/mol. The fourth-order valence-electron chi connectivity index (χ4n) is 5.78. The standard InChI is InChI=1S/C30H35F3O/c1-2-3-4-5-22-8-13-25(14-9-22)27-17-16-26-20-24(10-15-28(26)21-27)7-6-23-11-18-29(19-12-23)34-30(31,32)33/h10-12,15,18-20,22,25,27H,2-5,8-9,13-14,16-17,21H2,1H3. The van der Waals surface area contributed by atoms with E-state index in [-0.39, 0.29) is 5.75 Å². The largest absolute Gasteiger partial charge is 0.573 e. The molecule has 0 bridgehead atoms. The number of fused-ring (bicyclic) bond motifs is 1. The molecule has 0 heterocycles. The summed E-state index contributed by atoms with van der Waals surface area (Å²) in [6, 6.07) is 12.2. The highest BCUT2D eigenvalue weighted by Crippen LogP contribution is 2.40. The van der Waals surface area contributed by atoms with Crippen LogP contribution >= 0.6 is 0 Å². The highest BCUT2D eigenvalue weighted by Gasteiger charge is 2.31. The second-order valence-corrected chi connectivity index (χ2v) is 10.1. The smallest absolute Gasteiger partial charge is 0.406 e. The Morgan fingerprint density at radius 2 is 1.53 bits per heavy atom. The maximum atomic E-state index is 12.3. The average Bonchev–Trinajstić information content (AvgIpc) is 2.83. The van der Waals surface area contributed by atoms with Gasteiger partial charge in [-0.2, -0.15) is 0 Å². The maximum Gasteiger partial charge on any atom is 0.573 e. The summed E-state index contributed by atoms with van der Waals surface area (Å²) in [6.07, 6.45) is 10.1. The Kier molecular flexibility index (Phi) is 8.24. The molecule has 2 aliphatic carbocycles. The molecule has 4 rings (SSSR count). The van der Waals surface area contributed by atoms with Crippen LogP contribution in [-0.2, 0) is 12.8 Å². The van der Waals surface area contributed by atoms with Crippen molar-refractivity contribution in [2.45, 2.75) is 83.9 Å². The van der Waals surface area contributed by atoms with E-state index in [4.69, 9.17) is 0 Å². The Balaban J connectivity index is 1.31. The molecular weight excluding hydrogens is 433 g/mol. The third-order valence-corrected chi connectivity index (χ3v) is 7.69. The van der Waals surface area contributed by atoms with Gasteiger partial charge in [-0.05, 0) is 97.4 Å². The summed E-state index contributed by atoms with van der Waals surface area (Å²) in [7, 11) is 0. The predicted octanol–water partition coefficient (Wildman–Crippen LogP) is 8.48. The molecule has 0 aromatic heterocycles. The molecule has 0 aliphatic heterocycles. The molecule has 4 heteroatoms. The van der Waals surface area contributed by atoms with Crippen LogP contribution in [0.1, 0.15) is 87.0 Å². The molecule has 0 saturated heterocycles. The van der Waals surface area contributed by atoms with Crippen molar-refractivity contribution in [3.8, 4) is 17.6 Å². The summed E-state index contributed by atoms with van der Waals surface area (Å²) in [5.74, 6) is 8.66.